The van der Waals surface area contributed by atoms with Crippen LogP contribution in [-0.2, 0) is 5.41 Å². The maximum absolute atomic E-state index is 5.77. The summed E-state index contributed by atoms with van der Waals surface area (Å²) in [6.07, 6.45) is 3.94. The number of nitrogens with two attached hydrogens (primary N) is 1. The molecule has 0 spiro atoms. The van der Waals surface area contributed by atoms with Crippen molar-refractivity contribution >= 4 is 0 Å². The van der Waals surface area contributed by atoms with Gasteiger partial charge in [-0.25, -0.2) is 9.97 Å². The van der Waals surface area contributed by atoms with Crippen molar-refractivity contribution in [1.82, 2.24) is 9.97 Å². The Morgan fingerprint density at radius 2 is 2.00 bits per heavy atom. The Bertz CT molecular complexity index is 348. The van der Waals surface area contributed by atoms with Crippen LogP contribution in [0.15, 0.2) is 12.3 Å². The maximum atomic E-state index is 5.77. The highest BCUT2D eigenvalue weighted by Crippen LogP contribution is 2.34. The first kappa shape index (κ1) is 10.6. The van der Waals surface area contributed by atoms with Crippen LogP contribution >= 0.6 is 0 Å². The molecular formula is C12H19N3. The van der Waals surface area contributed by atoms with Crippen LogP contribution in [-0.4, -0.2) is 16.0 Å². The molecule has 1 saturated carbocycles. The monoisotopic (exact) mass is 205 g/mol. The summed E-state index contributed by atoms with van der Waals surface area (Å²) in [7, 11) is 0. The van der Waals surface area contributed by atoms with Gasteiger partial charge in [-0.15, -0.1) is 0 Å². The molecule has 0 aliphatic heterocycles. The highest BCUT2D eigenvalue weighted by molar-refractivity contribution is 5.15. The van der Waals surface area contributed by atoms with Crippen LogP contribution in [0.25, 0.3) is 0 Å². The Balaban J connectivity index is 2.20. The molecule has 2 rings (SSSR count). The summed E-state index contributed by atoms with van der Waals surface area (Å²) in [5.74, 6) is 1.46. The van der Waals surface area contributed by atoms with Crippen LogP contribution < -0.4 is 5.73 Å². The SMILES string of the molecule is CC(C)(C)c1ccnc(C2CC(N)C2)n1. The molecule has 82 valence electrons. The summed E-state index contributed by atoms with van der Waals surface area (Å²) < 4.78 is 0. The summed E-state index contributed by atoms with van der Waals surface area (Å²) in [5.41, 5.74) is 6.99. The number of rotatable bonds is 1. The third-order valence-corrected chi connectivity index (χ3v) is 2.98. The van der Waals surface area contributed by atoms with Crippen molar-refractivity contribution in [3.05, 3.63) is 23.8 Å². The second-order valence-corrected chi connectivity index (χ2v) is 5.48. The lowest BCUT2D eigenvalue weighted by Crippen LogP contribution is -2.35. The third-order valence-electron chi connectivity index (χ3n) is 2.98. The molecule has 1 fully saturated rings. The van der Waals surface area contributed by atoms with E-state index in [4.69, 9.17) is 5.73 Å². The molecule has 0 bridgehead atoms. The maximum Gasteiger partial charge on any atom is 0.131 e. The van der Waals surface area contributed by atoms with Gasteiger partial charge in [0.2, 0.25) is 0 Å². The molecule has 0 amide bonds. The number of hydrogen-bond donors (Lipinski definition) is 1. The zero-order chi connectivity index (χ0) is 11.1. The Morgan fingerprint density at radius 1 is 1.33 bits per heavy atom. The summed E-state index contributed by atoms with van der Waals surface area (Å²) in [5, 5.41) is 0. The first-order valence-corrected chi connectivity index (χ1v) is 5.56. The van der Waals surface area contributed by atoms with Crippen LogP contribution in [0.5, 0.6) is 0 Å². The normalized spacial score (nSPS) is 26.1. The molecule has 1 aromatic rings. The molecule has 0 unspecified atom stereocenters. The molecule has 1 aromatic heterocycles. The van der Waals surface area contributed by atoms with Gasteiger partial charge in [-0.05, 0) is 18.9 Å². The highest BCUT2D eigenvalue weighted by Gasteiger charge is 2.30. The fourth-order valence-electron chi connectivity index (χ4n) is 1.86. The average Bonchev–Trinajstić information content (AvgIpc) is 2.12. The van der Waals surface area contributed by atoms with Gasteiger partial charge in [-0.2, -0.15) is 0 Å². The number of nitrogens with zero attached hydrogens (tertiary/aromatic N) is 2. The Morgan fingerprint density at radius 3 is 2.53 bits per heavy atom. The zero-order valence-electron chi connectivity index (χ0n) is 9.70. The van der Waals surface area contributed by atoms with E-state index in [1.54, 1.807) is 0 Å². The van der Waals surface area contributed by atoms with E-state index in [2.05, 4.69) is 30.7 Å². The Labute approximate surface area is 91.1 Å². The van der Waals surface area contributed by atoms with Gasteiger partial charge >= 0.3 is 0 Å². The van der Waals surface area contributed by atoms with Crippen molar-refractivity contribution in [2.75, 3.05) is 0 Å². The van der Waals surface area contributed by atoms with E-state index in [1.807, 2.05) is 12.3 Å². The smallest absolute Gasteiger partial charge is 0.131 e. The average molecular weight is 205 g/mol. The standard InChI is InChI=1S/C12H19N3/c1-12(2,3)10-4-5-14-11(15-10)8-6-9(13)7-8/h4-5,8-9H,6-7,13H2,1-3H3. The summed E-state index contributed by atoms with van der Waals surface area (Å²) in [6, 6.07) is 2.36. The molecule has 3 nitrogen and oxygen atoms in total. The largest absolute Gasteiger partial charge is 0.328 e. The lowest BCUT2D eigenvalue weighted by molar-refractivity contribution is 0.336. The molecule has 3 heteroatoms. The van der Waals surface area contributed by atoms with E-state index in [1.165, 1.54) is 0 Å². The predicted molar refractivity (Wildman–Crippen MR) is 60.7 cm³/mol. The Hall–Kier alpha value is -0.960. The molecule has 0 aromatic carbocycles. The van der Waals surface area contributed by atoms with Gasteiger partial charge < -0.3 is 5.73 Å². The van der Waals surface area contributed by atoms with Crippen molar-refractivity contribution in [3.63, 3.8) is 0 Å². The summed E-state index contributed by atoms with van der Waals surface area (Å²) >= 11 is 0. The van der Waals surface area contributed by atoms with Gasteiger partial charge in [0.05, 0.1) is 0 Å². The minimum absolute atomic E-state index is 0.101. The second-order valence-electron chi connectivity index (χ2n) is 5.48. The molecule has 1 aliphatic carbocycles. The van der Waals surface area contributed by atoms with Gasteiger partial charge in [0.15, 0.2) is 0 Å². The van der Waals surface area contributed by atoms with Crippen molar-refractivity contribution < 1.29 is 0 Å². The molecule has 2 N–H and O–H groups in total. The van der Waals surface area contributed by atoms with E-state index in [9.17, 15) is 0 Å². The molecule has 15 heavy (non-hydrogen) atoms. The van der Waals surface area contributed by atoms with Gasteiger partial charge in [-0.3, -0.25) is 0 Å². The van der Waals surface area contributed by atoms with Crippen molar-refractivity contribution in [2.24, 2.45) is 5.73 Å². The summed E-state index contributed by atoms with van der Waals surface area (Å²) in [4.78, 5) is 8.98. The molecule has 1 aliphatic rings. The minimum atomic E-state index is 0.101. The van der Waals surface area contributed by atoms with Crippen LogP contribution in [0.2, 0.25) is 0 Å². The number of aromatic nitrogens is 2. The first-order valence-electron chi connectivity index (χ1n) is 5.56. The predicted octanol–water partition coefficient (Wildman–Crippen LogP) is 1.98. The number of hydrogen-bond acceptors (Lipinski definition) is 3. The van der Waals surface area contributed by atoms with Gasteiger partial charge in [-0.1, -0.05) is 20.8 Å². The topological polar surface area (TPSA) is 51.8 Å². The van der Waals surface area contributed by atoms with E-state index < -0.39 is 0 Å². The van der Waals surface area contributed by atoms with Crippen molar-refractivity contribution in [1.29, 1.82) is 0 Å². The minimum Gasteiger partial charge on any atom is -0.328 e. The second kappa shape index (κ2) is 3.56. The van der Waals surface area contributed by atoms with Crippen LogP contribution in [0.3, 0.4) is 0 Å². The third kappa shape index (κ3) is 2.17. The lowest BCUT2D eigenvalue weighted by Gasteiger charge is -2.31. The van der Waals surface area contributed by atoms with Crippen LogP contribution in [0.4, 0.5) is 0 Å². The van der Waals surface area contributed by atoms with E-state index in [0.717, 1.165) is 24.4 Å². The van der Waals surface area contributed by atoms with E-state index >= 15 is 0 Å². The fourth-order valence-corrected chi connectivity index (χ4v) is 1.86. The fraction of sp³-hybridized carbons (Fsp3) is 0.667. The quantitative estimate of drug-likeness (QED) is 0.762. The Kier molecular flexibility index (Phi) is 2.51. The van der Waals surface area contributed by atoms with Crippen LogP contribution in [0, 0.1) is 0 Å². The summed E-state index contributed by atoms with van der Waals surface area (Å²) in [6.45, 7) is 6.52. The van der Waals surface area contributed by atoms with Gasteiger partial charge in [0, 0.05) is 29.3 Å². The zero-order valence-corrected chi connectivity index (χ0v) is 9.70. The van der Waals surface area contributed by atoms with E-state index in [-0.39, 0.29) is 5.41 Å². The van der Waals surface area contributed by atoms with Crippen LogP contribution in [0.1, 0.15) is 51.0 Å². The highest BCUT2D eigenvalue weighted by atomic mass is 14.9. The van der Waals surface area contributed by atoms with E-state index in [0.29, 0.717) is 12.0 Å². The van der Waals surface area contributed by atoms with Gasteiger partial charge in [0.1, 0.15) is 5.82 Å². The molecule has 0 radical (unpaired) electrons. The first-order chi connectivity index (χ1) is 6.97. The van der Waals surface area contributed by atoms with Crippen molar-refractivity contribution in [3.8, 4) is 0 Å². The van der Waals surface area contributed by atoms with Crippen molar-refractivity contribution in [2.45, 2.75) is 51.0 Å². The molecule has 0 atom stereocenters. The lowest BCUT2D eigenvalue weighted by atomic mass is 9.80. The van der Waals surface area contributed by atoms with Gasteiger partial charge in [0.25, 0.3) is 0 Å². The molecule has 1 heterocycles. The molecular weight excluding hydrogens is 186 g/mol. The molecule has 0 saturated heterocycles.